The van der Waals surface area contributed by atoms with Gasteiger partial charge in [0.2, 0.25) is 0 Å². The van der Waals surface area contributed by atoms with E-state index in [0.717, 1.165) is 12.1 Å². The molecule has 1 N–H and O–H groups in total. The van der Waals surface area contributed by atoms with Crippen LogP contribution in [0.1, 0.15) is 21.6 Å². The van der Waals surface area contributed by atoms with Gasteiger partial charge in [-0.05, 0) is 61.7 Å². The molecule has 3 aromatic rings. The highest BCUT2D eigenvalue weighted by Gasteiger charge is 2.30. The molecule has 1 aromatic heterocycles. The minimum Gasteiger partial charge on any atom is -0.506 e. The smallest absolute Gasteiger partial charge is 0.416 e. The summed E-state index contributed by atoms with van der Waals surface area (Å²) in [6, 6.07) is 9.28. The zero-order valence-electron chi connectivity index (χ0n) is 14.8. The maximum Gasteiger partial charge on any atom is 0.416 e. The van der Waals surface area contributed by atoms with Gasteiger partial charge < -0.3 is 14.5 Å². The SMILES string of the molecule is CN(Cc1ccc(C(F)(F)F)cc1)C(=O)c1cc(-c2cc(Br)c(O)c(Br)c2)on1. The molecule has 3 rings (SSSR count). The molecule has 0 bridgehead atoms. The number of phenolic OH excluding ortho intramolecular Hbond substituents is 1. The summed E-state index contributed by atoms with van der Waals surface area (Å²) in [5.41, 5.74) is 0.430. The number of amides is 1. The van der Waals surface area contributed by atoms with Crippen molar-refractivity contribution in [2.75, 3.05) is 7.05 Å². The van der Waals surface area contributed by atoms with Crippen LogP contribution in [0.5, 0.6) is 5.75 Å². The first-order valence-corrected chi connectivity index (χ1v) is 9.71. The van der Waals surface area contributed by atoms with E-state index in [1.807, 2.05) is 0 Å². The van der Waals surface area contributed by atoms with Crippen molar-refractivity contribution >= 4 is 37.8 Å². The summed E-state index contributed by atoms with van der Waals surface area (Å²) in [6.45, 7) is 0.107. The molecule has 1 heterocycles. The molecule has 0 aliphatic heterocycles. The van der Waals surface area contributed by atoms with Crippen LogP contribution in [0.3, 0.4) is 0 Å². The second-order valence-electron chi connectivity index (χ2n) is 6.22. The molecule has 1 amide bonds. The van der Waals surface area contributed by atoms with Crippen molar-refractivity contribution in [1.29, 1.82) is 0 Å². The number of halogens is 5. The Morgan fingerprint density at radius 3 is 2.28 bits per heavy atom. The minimum absolute atomic E-state index is 0.0286. The van der Waals surface area contributed by atoms with Crippen LogP contribution in [-0.2, 0) is 12.7 Å². The Kier molecular flexibility index (Phi) is 6.04. The second-order valence-corrected chi connectivity index (χ2v) is 7.93. The van der Waals surface area contributed by atoms with E-state index in [0.29, 0.717) is 25.8 Å². The van der Waals surface area contributed by atoms with Gasteiger partial charge in [-0.25, -0.2) is 0 Å². The molecule has 0 saturated carbocycles. The highest BCUT2D eigenvalue weighted by atomic mass is 79.9. The van der Waals surface area contributed by atoms with Gasteiger partial charge in [-0.1, -0.05) is 17.3 Å². The van der Waals surface area contributed by atoms with Crippen LogP contribution in [0.2, 0.25) is 0 Å². The van der Waals surface area contributed by atoms with E-state index in [9.17, 15) is 23.1 Å². The predicted octanol–water partition coefficient (Wildman–Crippen LogP) is 5.86. The molecule has 29 heavy (non-hydrogen) atoms. The number of carbonyl (C=O) groups excluding carboxylic acids is 1. The van der Waals surface area contributed by atoms with Gasteiger partial charge in [-0.2, -0.15) is 13.2 Å². The third kappa shape index (κ3) is 4.81. The molecule has 0 saturated heterocycles. The van der Waals surface area contributed by atoms with Crippen LogP contribution in [0.4, 0.5) is 13.2 Å². The van der Waals surface area contributed by atoms with Gasteiger partial charge in [-0.3, -0.25) is 4.79 Å². The molecule has 0 aliphatic rings. The van der Waals surface area contributed by atoms with Gasteiger partial charge in [0.05, 0.1) is 14.5 Å². The first-order chi connectivity index (χ1) is 13.6. The number of nitrogens with zero attached hydrogens (tertiary/aromatic N) is 2. The molecule has 2 aromatic carbocycles. The van der Waals surface area contributed by atoms with E-state index in [1.165, 1.54) is 30.1 Å². The molecule has 10 heteroatoms. The number of aromatic nitrogens is 1. The molecule has 0 aliphatic carbocycles. The number of rotatable bonds is 4. The molecule has 0 atom stereocenters. The standard InChI is InChI=1S/C19H13Br2F3N2O3/c1-26(9-10-2-4-12(5-3-10)19(22,23)24)18(28)15-8-16(29-25-15)11-6-13(20)17(27)14(21)7-11/h2-8,27H,9H2,1H3. The van der Waals surface area contributed by atoms with E-state index in [-0.39, 0.29) is 18.0 Å². The van der Waals surface area contributed by atoms with Gasteiger partial charge in [-0.15, -0.1) is 0 Å². The lowest BCUT2D eigenvalue weighted by Gasteiger charge is -2.16. The minimum atomic E-state index is -4.41. The van der Waals surface area contributed by atoms with Crippen LogP contribution >= 0.6 is 31.9 Å². The quantitative estimate of drug-likeness (QED) is 0.456. The van der Waals surface area contributed by atoms with Crippen molar-refractivity contribution in [2.24, 2.45) is 0 Å². The molecule has 0 spiro atoms. The fourth-order valence-electron chi connectivity index (χ4n) is 2.56. The van der Waals surface area contributed by atoms with Gasteiger partial charge in [0.25, 0.3) is 5.91 Å². The van der Waals surface area contributed by atoms with E-state index < -0.39 is 17.6 Å². The summed E-state index contributed by atoms with van der Waals surface area (Å²) in [6.07, 6.45) is -4.41. The maximum absolute atomic E-state index is 12.6. The van der Waals surface area contributed by atoms with Gasteiger partial charge >= 0.3 is 6.18 Å². The number of aromatic hydroxyl groups is 1. The lowest BCUT2D eigenvalue weighted by atomic mass is 10.1. The predicted molar refractivity (Wildman–Crippen MR) is 106 cm³/mol. The fourth-order valence-corrected chi connectivity index (χ4v) is 3.75. The zero-order chi connectivity index (χ0) is 21.3. The lowest BCUT2D eigenvalue weighted by Crippen LogP contribution is -2.26. The number of hydrogen-bond acceptors (Lipinski definition) is 4. The summed E-state index contributed by atoms with van der Waals surface area (Å²) in [7, 11) is 1.52. The summed E-state index contributed by atoms with van der Waals surface area (Å²) >= 11 is 6.44. The molecule has 152 valence electrons. The summed E-state index contributed by atoms with van der Waals surface area (Å²) in [5.74, 6) is -0.102. The van der Waals surface area contributed by atoms with Crippen LogP contribution in [0.25, 0.3) is 11.3 Å². The number of benzene rings is 2. The van der Waals surface area contributed by atoms with Gasteiger partial charge in [0.1, 0.15) is 5.75 Å². The third-order valence-electron chi connectivity index (χ3n) is 4.08. The van der Waals surface area contributed by atoms with Crippen LogP contribution < -0.4 is 0 Å². The van der Waals surface area contributed by atoms with Gasteiger partial charge in [0, 0.05) is 25.2 Å². The monoisotopic (exact) mass is 532 g/mol. The number of hydrogen-bond donors (Lipinski definition) is 1. The highest BCUT2D eigenvalue weighted by molar-refractivity contribution is 9.11. The third-order valence-corrected chi connectivity index (χ3v) is 5.29. The largest absolute Gasteiger partial charge is 0.506 e. The molecule has 0 radical (unpaired) electrons. The number of carbonyl (C=O) groups is 1. The van der Waals surface area contributed by atoms with Crippen LogP contribution in [0.15, 0.2) is 55.9 Å². The van der Waals surface area contributed by atoms with E-state index in [1.54, 1.807) is 12.1 Å². The Balaban J connectivity index is 1.74. The Bertz CT molecular complexity index is 1030. The van der Waals surface area contributed by atoms with Crippen molar-refractivity contribution in [3.63, 3.8) is 0 Å². The van der Waals surface area contributed by atoms with Crippen molar-refractivity contribution in [2.45, 2.75) is 12.7 Å². The lowest BCUT2D eigenvalue weighted by molar-refractivity contribution is -0.137. The normalized spacial score (nSPS) is 11.5. The summed E-state index contributed by atoms with van der Waals surface area (Å²) in [5, 5.41) is 13.6. The van der Waals surface area contributed by atoms with Crippen molar-refractivity contribution in [3.05, 3.63) is 68.2 Å². The fraction of sp³-hybridized carbons (Fsp3) is 0.158. The summed E-state index contributed by atoms with van der Waals surface area (Å²) in [4.78, 5) is 13.9. The van der Waals surface area contributed by atoms with E-state index in [2.05, 4.69) is 37.0 Å². The molecular weight excluding hydrogens is 521 g/mol. The van der Waals surface area contributed by atoms with Crippen LogP contribution in [0, 0.1) is 0 Å². The topological polar surface area (TPSA) is 66.6 Å². The molecule has 5 nitrogen and oxygen atoms in total. The Labute approximate surface area is 180 Å². The number of alkyl halides is 3. The van der Waals surface area contributed by atoms with Crippen molar-refractivity contribution < 1.29 is 27.6 Å². The molecule has 0 fully saturated rings. The average Bonchev–Trinajstić information content (AvgIpc) is 3.15. The number of phenols is 1. The Hall–Kier alpha value is -2.33. The Morgan fingerprint density at radius 1 is 1.14 bits per heavy atom. The van der Waals surface area contributed by atoms with Crippen molar-refractivity contribution in [3.8, 4) is 17.1 Å². The molecule has 0 unspecified atom stereocenters. The zero-order valence-corrected chi connectivity index (χ0v) is 18.0. The molecular formula is C19H13Br2F3N2O3. The average molecular weight is 534 g/mol. The second kappa shape index (κ2) is 8.19. The first kappa shape index (κ1) is 21.4. The van der Waals surface area contributed by atoms with Crippen LogP contribution in [-0.4, -0.2) is 28.1 Å². The van der Waals surface area contributed by atoms with E-state index in [4.69, 9.17) is 4.52 Å². The van der Waals surface area contributed by atoms with Crippen molar-refractivity contribution in [1.82, 2.24) is 10.1 Å². The van der Waals surface area contributed by atoms with E-state index >= 15 is 0 Å². The highest BCUT2D eigenvalue weighted by Crippen LogP contribution is 2.37. The maximum atomic E-state index is 12.6. The van der Waals surface area contributed by atoms with Gasteiger partial charge in [0.15, 0.2) is 11.5 Å². The summed E-state index contributed by atoms with van der Waals surface area (Å²) < 4.78 is 44.0. The Morgan fingerprint density at radius 2 is 1.72 bits per heavy atom. The first-order valence-electron chi connectivity index (χ1n) is 8.13.